The lowest BCUT2D eigenvalue weighted by molar-refractivity contribution is 0.0975. The van der Waals surface area contributed by atoms with Gasteiger partial charge in [-0.2, -0.15) is 0 Å². The van der Waals surface area contributed by atoms with E-state index in [1.54, 1.807) is 0 Å². The van der Waals surface area contributed by atoms with Crippen LogP contribution in [0.4, 0.5) is 0 Å². The van der Waals surface area contributed by atoms with Crippen molar-refractivity contribution in [3.8, 4) is 17.2 Å². The Hall–Kier alpha value is -2.30. The molecule has 174 valence electrons. The number of ketones is 1. The van der Waals surface area contributed by atoms with Gasteiger partial charge in [-0.05, 0) is 73.0 Å². The molecule has 3 aliphatic rings. The molecular weight excluding hydrogens is 404 g/mol. The number of aromatic hydroxyl groups is 3. The molecule has 0 unspecified atom stereocenters. The van der Waals surface area contributed by atoms with Crippen LogP contribution in [0.5, 0.6) is 17.2 Å². The van der Waals surface area contributed by atoms with Crippen molar-refractivity contribution in [1.82, 2.24) is 0 Å². The fourth-order valence-electron chi connectivity index (χ4n) is 7.33. The second-order valence-electron chi connectivity index (χ2n) is 11.3. The summed E-state index contributed by atoms with van der Waals surface area (Å²) in [5.74, 6) is 0.169. The van der Waals surface area contributed by atoms with Crippen LogP contribution >= 0.6 is 0 Å². The number of phenolic OH excluding ortho intramolecular Hbond substituents is 3. The summed E-state index contributed by atoms with van der Waals surface area (Å²) in [7, 11) is 0. The summed E-state index contributed by atoms with van der Waals surface area (Å²) < 4.78 is 0. The summed E-state index contributed by atoms with van der Waals surface area (Å²) in [6, 6.07) is 0. The Bertz CT molecular complexity index is 990. The van der Waals surface area contributed by atoms with Crippen LogP contribution in [0.2, 0.25) is 0 Å². The Kier molecular flexibility index (Phi) is 5.46. The van der Waals surface area contributed by atoms with Crippen molar-refractivity contribution < 1.29 is 24.9 Å². The summed E-state index contributed by atoms with van der Waals surface area (Å²) in [5, 5.41) is 32.4. The predicted octanol–water partition coefficient (Wildman–Crippen LogP) is 5.80. The van der Waals surface area contributed by atoms with Gasteiger partial charge in [-0.1, -0.05) is 39.8 Å². The highest BCUT2D eigenvalue weighted by molar-refractivity contribution is 6.05. The van der Waals surface area contributed by atoms with E-state index in [0.717, 1.165) is 19.3 Å². The Balaban J connectivity index is 1.80. The first-order valence-corrected chi connectivity index (χ1v) is 11.9. The van der Waals surface area contributed by atoms with Crippen LogP contribution in [0.1, 0.15) is 92.5 Å². The molecule has 3 saturated carbocycles. The maximum atomic E-state index is 12.7. The molecule has 0 amide bonds. The number of benzene rings is 1. The standard InChI is InChI=1S/C27H36O5/c1-6-7-19(29)20-24(31)16(23(30)17(13-28)25(20)32)12-27(5)11-10-15-14(2)8-9-18-22(21(15)27)26(18,3)4/h13,15,18,21-22,30-32H,2,6-12H2,1,3-5H3/t15-,18+,21+,22+,27+/m0/s1. The van der Waals surface area contributed by atoms with Crippen molar-refractivity contribution in [2.45, 2.75) is 72.6 Å². The normalized spacial score (nSPS) is 32.7. The van der Waals surface area contributed by atoms with Gasteiger partial charge in [-0.3, -0.25) is 9.59 Å². The van der Waals surface area contributed by atoms with Crippen molar-refractivity contribution in [3.05, 3.63) is 28.8 Å². The molecule has 3 aliphatic carbocycles. The summed E-state index contributed by atoms with van der Waals surface area (Å²) in [6.45, 7) is 13.1. The van der Waals surface area contributed by atoms with Crippen LogP contribution < -0.4 is 0 Å². The predicted molar refractivity (Wildman–Crippen MR) is 123 cm³/mol. The Morgan fingerprint density at radius 1 is 1.09 bits per heavy atom. The molecular formula is C27H36O5. The highest BCUT2D eigenvalue weighted by Crippen LogP contribution is 2.73. The second kappa shape index (κ2) is 7.64. The first-order chi connectivity index (χ1) is 15.0. The fraction of sp³-hybridized carbons (Fsp3) is 0.630. The number of phenols is 3. The van der Waals surface area contributed by atoms with Gasteiger partial charge in [-0.15, -0.1) is 0 Å². The minimum absolute atomic E-state index is 0.142. The molecule has 0 heterocycles. The smallest absolute Gasteiger partial charge is 0.170 e. The number of rotatable bonds is 6. The molecule has 3 fully saturated rings. The van der Waals surface area contributed by atoms with Gasteiger partial charge in [-0.25, -0.2) is 0 Å². The van der Waals surface area contributed by atoms with Crippen LogP contribution in [0, 0.1) is 34.5 Å². The third kappa shape index (κ3) is 3.19. The van der Waals surface area contributed by atoms with Crippen LogP contribution in [0.25, 0.3) is 0 Å². The third-order valence-electron chi connectivity index (χ3n) is 9.10. The SMILES string of the molecule is C=C1CC[C@@H]2[C@H]([C@H]3[C@H]1CC[C@]3(C)Cc1c(O)c(C=O)c(O)c(C(=O)CCC)c1O)C2(C)C. The monoisotopic (exact) mass is 440 g/mol. The number of aldehydes is 1. The van der Waals surface area contributed by atoms with Crippen LogP contribution in [-0.2, 0) is 6.42 Å². The van der Waals surface area contributed by atoms with Gasteiger partial charge in [0.2, 0.25) is 0 Å². The highest BCUT2D eigenvalue weighted by atomic mass is 16.3. The average Bonchev–Trinajstić information content (AvgIpc) is 3.15. The lowest BCUT2D eigenvalue weighted by Crippen LogP contribution is -2.31. The summed E-state index contributed by atoms with van der Waals surface area (Å²) in [4.78, 5) is 24.4. The van der Waals surface area contributed by atoms with Crippen LogP contribution in [0.3, 0.4) is 0 Å². The summed E-state index contributed by atoms with van der Waals surface area (Å²) >= 11 is 0. The summed E-state index contributed by atoms with van der Waals surface area (Å²) in [5.41, 5.74) is 1.02. The van der Waals surface area contributed by atoms with Gasteiger partial charge in [0.1, 0.15) is 22.8 Å². The zero-order chi connectivity index (χ0) is 23.6. The molecule has 3 N–H and O–H groups in total. The van der Waals surface area contributed by atoms with E-state index in [-0.39, 0.29) is 39.7 Å². The third-order valence-corrected chi connectivity index (χ3v) is 9.10. The van der Waals surface area contributed by atoms with Gasteiger partial charge in [0.25, 0.3) is 0 Å². The van der Waals surface area contributed by atoms with Crippen molar-refractivity contribution in [3.63, 3.8) is 0 Å². The van der Waals surface area contributed by atoms with Gasteiger partial charge in [0, 0.05) is 12.0 Å². The van der Waals surface area contributed by atoms with Crippen molar-refractivity contribution in [1.29, 1.82) is 0 Å². The Morgan fingerprint density at radius 3 is 2.41 bits per heavy atom. The molecule has 5 atom stereocenters. The quantitative estimate of drug-likeness (QED) is 0.295. The van der Waals surface area contributed by atoms with Crippen molar-refractivity contribution >= 4 is 12.1 Å². The number of hydrogen-bond acceptors (Lipinski definition) is 5. The maximum Gasteiger partial charge on any atom is 0.170 e. The molecule has 5 nitrogen and oxygen atoms in total. The Labute approximate surface area is 190 Å². The van der Waals surface area contributed by atoms with E-state index in [0.29, 0.717) is 42.8 Å². The molecule has 4 rings (SSSR count). The fourth-order valence-corrected chi connectivity index (χ4v) is 7.33. The zero-order valence-electron chi connectivity index (χ0n) is 19.7. The maximum absolute atomic E-state index is 12.7. The Morgan fingerprint density at radius 2 is 1.78 bits per heavy atom. The van der Waals surface area contributed by atoms with E-state index in [1.165, 1.54) is 12.0 Å². The van der Waals surface area contributed by atoms with Gasteiger partial charge in [0.05, 0.1) is 5.56 Å². The second-order valence-corrected chi connectivity index (χ2v) is 11.3. The number of hydrogen-bond donors (Lipinski definition) is 3. The number of carbonyl (C=O) groups excluding carboxylic acids is 2. The first-order valence-electron chi connectivity index (χ1n) is 11.9. The molecule has 1 aromatic rings. The molecule has 1 aromatic carbocycles. The molecule has 0 spiro atoms. The lowest BCUT2D eigenvalue weighted by atomic mass is 9.68. The molecule has 0 aliphatic heterocycles. The van der Waals surface area contributed by atoms with Crippen LogP contribution in [0.15, 0.2) is 12.2 Å². The minimum atomic E-state index is -0.627. The van der Waals surface area contributed by atoms with Crippen molar-refractivity contribution in [2.75, 3.05) is 0 Å². The molecule has 0 bridgehead atoms. The molecule has 5 heteroatoms. The molecule has 32 heavy (non-hydrogen) atoms. The molecule has 0 radical (unpaired) electrons. The number of Topliss-reactive ketones (excluding diaryl/α,β-unsaturated/α-hetero) is 1. The molecule has 0 saturated heterocycles. The minimum Gasteiger partial charge on any atom is -0.507 e. The number of carbonyl (C=O) groups is 2. The van der Waals surface area contributed by atoms with E-state index in [2.05, 4.69) is 27.4 Å². The van der Waals surface area contributed by atoms with Gasteiger partial charge in [0.15, 0.2) is 12.1 Å². The van der Waals surface area contributed by atoms with E-state index in [9.17, 15) is 24.9 Å². The van der Waals surface area contributed by atoms with E-state index >= 15 is 0 Å². The number of fused-ring (bicyclic) bond motifs is 3. The largest absolute Gasteiger partial charge is 0.507 e. The number of allylic oxidation sites excluding steroid dienone is 1. The van der Waals surface area contributed by atoms with E-state index in [4.69, 9.17) is 0 Å². The topological polar surface area (TPSA) is 94.8 Å². The van der Waals surface area contributed by atoms with Crippen LogP contribution in [-0.4, -0.2) is 27.4 Å². The zero-order valence-corrected chi connectivity index (χ0v) is 19.7. The van der Waals surface area contributed by atoms with Gasteiger partial charge >= 0.3 is 0 Å². The average molecular weight is 441 g/mol. The van der Waals surface area contributed by atoms with Gasteiger partial charge < -0.3 is 15.3 Å². The highest BCUT2D eigenvalue weighted by Gasteiger charge is 2.67. The lowest BCUT2D eigenvalue weighted by Gasteiger charge is -2.37. The van der Waals surface area contributed by atoms with Crippen molar-refractivity contribution in [2.24, 2.45) is 34.5 Å². The van der Waals surface area contributed by atoms with E-state index < -0.39 is 17.3 Å². The van der Waals surface area contributed by atoms with E-state index in [1.807, 2.05) is 6.92 Å². The first kappa shape index (κ1) is 22.9. The molecule has 0 aromatic heterocycles. The summed E-state index contributed by atoms with van der Waals surface area (Å²) in [6.07, 6.45) is 5.59.